The van der Waals surface area contributed by atoms with Gasteiger partial charge in [-0.3, -0.25) is 0 Å². The second-order valence-corrected chi connectivity index (χ2v) is 4.95. The topological polar surface area (TPSA) is 28.7 Å². The Kier molecular flexibility index (Phi) is 3.17. The largest absolute Gasteiger partial charge is 0.343 e. The van der Waals surface area contributed by atoms with Gasteiger partial charge in [-0.15, -0.1) is 0 Å². The third-order valence-electron chi connectivity index (χ3n) is 3.26. The van der Waals surface area contributed by atoms with Crippen LogP contribution in [-0.4, -0.2) is 4.57 Å². The molecule has 0 saturated heterocycles. The second kappa shape index (κ2) is 4.99. The van der Waals surface area contributed by atoms with Crippen LogP contribution in [-0.2, 0) is 6.54 Å². The van der Waals surface area contributed by atoms with Crippen LogP contribution >= 0.6 is 11.6 Å². The predicted octanol–water partition coefficient (Wildman–Crippen LogP) is 4.35. The third kappa shape index (κ3) is 2.15. The molecule has 0 aliphatic carbocycles. The summed E-state index contributed by atoms with van der Waals surface area (Å²) in [5.41, 5.74) is 1.96. The number of fused-ring (bicyclic) bond motifs is 1. The van der Waals surface area contributed by atoms with Gasteiger partial charge in [0, 0.05) is 28.7 Å². The summed E-state index contributed by atoms with van der Waals surface area (Å²) < 4.78 is 15.3. The Hall–Kier alpha value is -2.31. The molecule has 0 unspecified atom stereocenters. The summed E-state index contributed by atoms with van der Waals surface area (Å²) in [6.45, 7) is 0.568. The molecule has 0 bridgehead atoms. The summed E-state index contributed by atoms with van der Waals surface area (Å²) in [7, 11) is 0. The minimum absolute atomic E-state index is 0.0667. The third-order valence-corrected chi connectivity index (χ3v) is 3.59. The Balaban J connectivity index is 2.02. The summed E-state index contributed by atoms with van der Waals surface area (Å²) in [6.07, 6.45) is 1.94. The fourth-order valence-corrected chi connectivity index (χ4v) is 2.51. The molecule has 3 rings (SSSR count). The molecule has 0 spiro atoms. The molecule has 0 fully saturated rings. The number of hydrogen-bond acceptors (Lipinski definition) is 1. The van der Waals surface area contributed by atoms with Gasteiger partial charge in [-0.25, -0.2) is 4.39 Å². The molecule has 4 heteroatoms. The van der Waals surface area contributed by atoms with Crippen LogP contribution in [0.15, 0.2) is 48.7 Å². The van der Waals surface area contributed by atoms with Gasteiger partial charge in [0.05, 0.1) is 5.56 Å². The van der Waals surface area contributed by atoms with E-state index in [9.17, 15) is 4.39 Å². The van der Waals surface area contributed by atoms with Gasteiger partial charge in [-0.05, 0) is 35.9 Å². The van der Waals surface area contributed by atoms with Crippen molar-refractivity contribution >= 4 is 22.5 Å². The summed E-state index contributed by atoms with van der Waals surface area (Å²) in [5.74, 6) is -0.489. The van der Waals surface area contributed by atoms with Gasteiger partial charge in [-0.2, -0.15) is 5.26 Å². The van der Waals surface area contributed by atoms with Crippen LogP contribution < -0.4 is 0 Å². The lowest BCUT2D eigenvalue weighted by Gasteiger charge is -2.07. The number of benzene rings is 2. The minimum atomic E-state index is -0.489. The van der Waals surface area contributed by atoms with Gasteiger partial charge >= 0.3 is 0 Å². The zero-order valence-corrected chi connectivity index (χ0v) is 11.2. The number of rotatable bonds is 2. The average molecular weight is 285 g/mol. The lowest BCUT2D eigenvalue weighted by Crippen LogP contribution is -1.99. The molecule has 0 amide bonds. The monoisotopic (exact) mass is 284 g/mol. The van der Waals surface area contributed by atoms with Crippen molar-refractivity contribution in [1.82, 2.24) is 4.57 Å². The van der Waals surface area contributed by atoms with E-state index in [1.807, 2.05) is 41.1 Å². The first-order chi connectivity index (χ1) is 9.69. The lowest BCUT2D eigenvalue weighted by atomic mass is 10.1. The first-order valence-corrected chi connectivity index (χ1v) is 6.49. The van der Waals surface area contributed by atoms with Crippen molar-refractivity contribution < 1.29 is 4.39 Å². The van der Waals surface area contributed by atoms with Crippen LogP contribution in [0.2, 0.25) is 5.02 Å². The molecule has 1 aromatic heterocycles. The maximum Gasteiger partial charge on any atom is 0.140 e. The first kappa shape index (κ1) is 12.7. The summed E-state index contributed by atoms with van der Waals surface area (Å²) >= 11 is 6.14. The normalized spacial score (nSPS) is 10.7. The van der Waals surface area contributed by atoms with Crippen molar-refractivity contribution in [3.8, 4) is 6.07 Å². The Morgan fingerprint density at radius 2 is 2.05 bits per heavy atom. The molecule has 98 valence electrons. The maximum atomic E-state index is 13.3. The van der Waals surface area contributed by atoms with E-state index in [0.717, 1.165) is 16.5 Å². The molecular weight excluding hydrogens is 275 g/mol. The Labute approximate surface area is 120 Å². The van der Waals surface area contributed by atoms with E-state index in [-0.39, 0.29) is 5.56 Å². The predicted molar refractivity (Wildman–Crippen MR) is 77.2 cm³/mol. The van der Waals surface area contributed by atoms with Crippen molar-refractivity contribution in [3.05, 3.63) is 70.6 Å². The van der Waals surface area contributed by atoms with Gasteiger partial charge in [0.25, 0.3) is 0 Å². The highest BCUT2D eigenvalue weighted by atomic mass is 35.5. The quantitative estimate of drug-likeness (QED) is 0.687. The first-order valence-electron chi connectivity index (χ1n) is 6.11. The van der Waals surface area contributed by atoms with E-state index >= 15 is 0 Å². The van der Waals surface area contributed by atoms with Gasteiger partial charge in [0.15, 0.2) is 0 Å². The highest BCUT2D eigenvalue weighted by molar-refractivity contribution is 6.35. The minimum Gasteiger partial charge on any atom is -0.343 e. The van der Waals surface area contributed by atoms with E-state index in [1.165, 1.54) is 6.07 Å². The molecule has 2 aromatic carbocycles. The van der Waals surface area contributed by atoms with Crippen LogP contribution in [0.25, 0.3) is 10.9 Å². The highest BCUT2D eigenvalue weighted by Gasteiger charge is 2.07. The van der Waals surface area contributed by atoms with E-state index in [2.05, 4.69) is 0 Å². The van der Waals surface area contributed by atoms with Crippen molar-refractivity contribution in [2.45, 2.75) is 6.54 Å². The standard InChI is InChI=1S/C16H10ClFN2/c17-14-2-1-3-16-13(14)6-7-20(16)10-11-4-5-15(18)12(8-11)9-19/h1-8H,10H2. The summed E-state index contributed by atoms with van der Waals surface area (Å²) in [5, 5.41) is 10.6. The second-order valence-electron chi connectivity index (χ2n) is 4.54. The van der Waals surface area contributed by atoms with Crippen LogP contribution in [0, 0.1) is 17.1 Å². The summed E-state index contributed by atoms with van der Waals surface area (Å²) in [6, 6.07) is 14.1. The molecule has 1 heterocycles. The number of hydrogen-bond donors (Lipinski definition) is 0. The van der Waals surface area contributed by atoms with Gasteiger partial charge in [0.1, 0.15) is 11.9 Å². The fraction of sp³-hybridized carbons (Fsp3) is 0.0625. The molecule has 0 aliphatic heterocycles. The van der Waals surface area contributed by atoms with E-state index in [4.69, 9.17) is 16.9 Å². The Bertz CT molecular complexity index is 830. The van der Waals surface area contributed by atoms with Crippen molar-refractivity contribution in [2.24, 2.45) is 0 Å². The molecule has 3 aromatic rings. The molecule has 20 heavy (non-hydrogen) atoms. The van der Waals surface area contributed by atoms with Crippen molar-refractivity contribution in [2.75, 3.05) is 0 Å². The van der Waals surface area contributed by atoms with E-state index < -0.39 is 5.82 Å². The molecule has 0 aliphatic rings. The SMILES string of the molecule is N#Cc1cc(Cn2ccc3c(Cl)cccc32)ccc1F. The molecule has 2 nitrogen and oxygen atoms in total. The zero-order chi connectivity index (χ0) is 14.1. The summed E-state index contributed by atoms with van der Waals surface area (Å²) in [4.78, 5) is 0. The maximum absolute atomic E-state index is 13.3. The average Bonchev–Trinajstić information content (AvgIpc) is 2.86. The molecule has 0 radical (unpaired) electrons. The number of nitriles is 1. The van der Waals surface area contributed by atoms with Crippen LogP contribution in [0.4, 0.5) is 4.39 Å². The molecule has 0 N–H and O–H groups in total. The highest BCUT2D eigenvalue weighted by Crippen LogP contribution is 2.25. The molecular formula is C16H10ClFN2. The van der Waals surface area contributed by atoms with Crippen LogP contribution in [0.3, 0.4) is 0 Å². The smallest absolute Gasteiger partial charge is 0.140 e. The molecule has 0 saturated carbocycles. The van der Waals surface area contributed by atoms with Crippen LogP contribution in [0.5, 0.6) is 0 Å². The fourth-order valence-electron chi connectivity index (χ4n) is 2.28. The Morgan fingerprint density at radius 1 is 1.20 bits per heavy atom. The van der Waals surface area contributed by atoms with Crippen molar-refractivity contribution in [3.63, 3.8) is 0 Å². The van der Waals surface area contributed by atoms with Gasteiger partial charge < -0.3 is 4.57 Å². The number of nitrogens with zero attached hydrogens (tertiary/aromatic N) is 2. The number of halogens is 2. The van der Waals surface area contributed by atoms with Crippen LogP contribution in [0.1, 0.15) is 11.1 Å². The van der Waals surface area contributed by atoms with Gasteiger partial charge in [0.2, 0.25) is 0 Å². The van der Waals surface area contributed by atoms with E-state index in [1.54, 1.807) is 12.1 Å². The number of aromatic nitrogens is 1. The zero-order valence-electron chi connectivity index (χ0n) is 10.5. The van der Waals surface area contributed by atoms with Crippen molar-refractivity contribution in [1.29, 1.82) is 5.26 Å². The van der Waals surface area contributed by atoms with Gasteiger partial charge in [-0.1, -0.05) is 23.7 Å². The van der Waals surface area contributed by atoms with E-state index in [0.29, 0.717) is 11.6 Å². The molecule has 0 atom stereocenters. The Morgan fingerprint density at radius 3 is 2.85 bits per heavy atom. The lowest BCUT2D eigenvalue weighted by molar-refractivity contribution is 0.622.